The number of carbonyl (C=O) groups excluding carboxylic acids is 4. The predicted octanol–water partition coefficient (Wildman–Crippen LogP) is 4.30. The van der Waals surface area contributed by atoms with Crippen molar-refractivity contribution >= 4 is 41.0 Å². The Morgan fingerprint density at radius 1 is 1.00 bits per heavy atom. The van der Waals surface area contributed by atoms with E-state index in [0.29, 0.717) is 16.5 Å². The second kappa shape index (κ2) is 10.4. The maximum atomic E-state index is 13.5. The Bertz CT molecular complexity index is 1080. The van der Waals surface area contributed by atoms with Crippen LogP contribution in [0.2, 0.25) is 5.02 Å². The molecule has 0 bridgehead atoms. The Morgan fingerprint density at radius 3 is 2.26 bits per heavy atom. The first-order valence-electron chi connectivity index (χ1n) is 11.5. The number of esters is 1. The average molecular weight is 483 g/mol. The molecular formula is C26H27ClN2O5. The minimum Gasteiger partial charge on any atom is -0.427 e. The highest BCUT2D eigenvalue weighted by atomic mass is 35.5. The summed E-state index contributed by atoms with van der Waals surface area (Å²) in [6.07, 6.45) is 4.82. The summed E-state index contributed by atoms with van der Waals surface area (Å²) in [6, 6.07) is 12.4. The molecule has 3 amide bonds. The minimum absolute atomic E-state index is 0.0482. The molecular weight excluding hydrogens is 456 g/mol. The van der Waals surface area contributed by atoms with Crippen LogP contribution in [-0.4, -0.2) is 40.7 Å². The van der Waals surface area contributed by atoms with Gasteiger partial charge in [-0.1, -0.05) is 43.0 Å². The number of amides is 3. The molecule has 1 saturated heterocycles. The number of imide groups is 1. The average Bonchev–Trinajstić information content (AvgIpc) is 3.10. The number of rotatable bonds is 6. The molecule has 7 nitrogen and oxygen atoms in total. The molecule has 1 aliphatic carbocycles. The van der Waals surface area contributed by atoms with Crippen molar-refractivity contribution in [3.05, 3.63) is 59.1 Å². The summed E-state index contributed by atoms with van der Waals surface area (Å²) >= 11 is 5.97. The van der Waals surface area contributed by atoms with Gasteiger partial charge in [0.25, 0.3) is 5.91 Å². The van der Waals surface area contributed by atoms with Crippen molar-refractivity contribution in [1.82, 2.24) is 4.90 Å². The van der Waals surface area contributed by atoms with Crippen molar-refractivity contribution in [2.45, 2.75) is 64.0 Å². The van der Waals surface area contributed by atoms with Gasteiger partial charge < -0.3 is 9.64 Å². The zero-order valence-corrected chi connectivity index (χ0v) is 19.8. The summed E-state index contributed by atoms with van der Waals surface area (Å²) in [6.45, 7) is 1.30. The van der Waals surface area contributed by atoms with Gasteiger partial charge in [0.2, 0.25) is 11.8 Å². The molecule has 8 heteroatoms. The number of benzene rings is 2. The summed E-state index contributed by atoms with van der Waals surface area (Å²) in [5.41, 5.74) is 1.20. The van der Waals surface area contributed by atoms with Gasteiger partial charge in [0.05, 0.1) is 18.5 Å². The summed E-state index contributed by atoms with van der Waals surface area (Å²) in [4.78, 5) is 53.8. The third-order valence-electron chi connectivity index (χ3n) is 6.34. The largest absolute Gasteiger partial charge is 0.427 e. The van der Waals surface area contributed by atoms with Crippen LogP contribution in [0.3, 0.4) is 0 Å². The molecule has 4 rings (SSSR count). The van der Waals surface area contributed by atoms with E-state index in [4.69, 9.17) is 16.3 Å². The summed E-state index contributed by atoms with van der Waals surface area (Å²) in [5, 5.41) is 0.590. The smallest absolute Gasteiger partial charge is 0.308 e. The standard InChI is InChI=1S/C26H27ClN2O5/c1-17(30)34-22-13-11-21(12-14-22)29-25(32)16-23(26(29)33)28(20-5-3-2-4-6-20)24(31)15-18-7-9-19(27)10-8-18/h7-14,20,23H,2-6,15-16H2,1H3. The van der Waals surface area contributed by atoms with E-state index < -0.39 is 17.9 Å². The molecule has 1 unspecified atom stereocenters. The van der Waals surface area contributed by atoms with Crippen LogP contribution in [0, 0.1) is 0 Å². The summed E-state index contributed by atoms with van der Waals surface area (Å²) in [7, 11) is 0. The number of ether oxygens (including phenoxy) is 1. The zero-order valence-electron chi connectivity index (χ0n) is 19.0. The van der Waals surface area contributed by atoms with Crippen LogP contribution in [0.5, 0.6) is 5.75 Å². The normalized spacial score (nSPS) is 18.8. The molecule has 1 heterocycles. The fraction of sp³-hybridized carbons (Fsp3) is 0.385. The SMILES string of the molecule is CC(=O)Oc1ccc(N2C(=O)CC(N(C(=O)Cc3ccc(Cl)cc3)C3CCCCC3)C2=O)cc1. The number of carbonyl (C=O) groups is 4. The first-order valence-corrected chi connectivity index (χ1v) is 11.9. The number of anilines is 1. The van der Waals surface area contributed by atoms with Crippen molar-refractivity contribution < 1.29 is 23.9 Å². The molecule has 2 aromatic rings. The van der Waals surface area contributed by atoms with E-state index in [-0.39, 0.29) is 30.7 Å². The Morgan fingerprint density at radius 2 is 1.65 bits per heavy atom. The molecule has 34 heavy (non-hydrogen) atoms. The minimum atomic E-state index is -0.830. The Balaban J connectivity index is 1.57. The second-order valence-corrected chi connectivity index (χ2v) is 9.21. The van der Waals surface area contributed by atoms with Crippen molar-refractivity contribution in [2.75, 3.05) is 4.90 Å². The lowest BCUT2D eigenvalue weighted by atomic mass is 9.92. The van der Waals surface area contributed by atoms with Gasteiger partial charge in [-0.05, 0) is 54.8 Å². The molecule has 0 spiro atoms. The van der Waals surface area contributed by atoms with Crippen LogP contribution in [-0.2, 0) is 25.6 Å². The molecule has 0 N–H and O–H groups in total. The quantitative estimate of drug-likeness (QED) is 0.348. The monoisotopic (exact) mass is 482 g/mol. The van der Waals surface area contributed by atoms with Gasteiger partial charge >= 0.3 is 5.97 Å². The van der Waals surface area contributed by atoms with E-state index in [1.165, 1.54) is 19.1 Å². The Labute approximate surface area is 203 Å². The molecule has 0 radical (unpaired) electrons. The van der Waals surface area contributed by atoms with E-state index in [1.807, 2.05) is 0 Å². The third-order valence-corrected chi connectivity index (χ3v) is 6.59. The number of nitrogens with zero attached hydrogens (tertiary/aromatic N) is 2. The number of hydrogen-bond acceptors (Lipinski definition) is 5. The highest BCUT2D eigenvalue weighted by Gasteiger charge is 2.46. The van der Waals surface area contributed by atoms with E-state index in [0.717, 1.165) is 42.6 Å². The number of halogens is 1. The van der Waals surface area contributed by atoms with Crippen LogP contribution < -0.4 is 9.64 Å². The lowest BCUT2D eigenvalue weighted by Gasteiger charge is -2.37. The lowest BCUT2D eigenvalue weighted by molar-refractivity contribution is -0.141. The van der Waals surface area contributed by atoms with Crippen LogP contribution in [0.15, 0.2) is 48.5 Å². The van der Waals surface area contributed by atoms with Gasteiger partial charge in [-0.25, -0.2) is 4.90 Å². The molecule has 178 valence electrons. The molecule has 1 saturated carbocycles. The van der Waals surface area contributed by atoms with Gasteiger partial charge in [0, 0.05) is 18.0 Å². The van der Waals surface area contributed by atoms with Crippen molar-refractivity contribution in [2.24, 2.45) is 0 Å². The molecule has 1 atom stereocenters. The van der Waals surface area contributed by atoms with Crippen molar-refractivity contribution in [3.8, 4) is 5.75 Å². The zero-order chi connectivity index (χ0) is 24.2. The van der Waals surface area contributed by atoms with Gasteiger partial charge in [-0.2, -0.15) is 0 Å². The molecule has 1 aliphatic heterocycles. The third kappa shape index (κ3) is 5.30. The van der Waals surface area contributed by atoms with Gasteiger partial charge in [0.15, 0.2) is 0 Å². The maximum Gasteiger partial charge on any atom is 0.308 e. The van der Waals surface area contributed by atoms with Crippen LogP contribution in [0.4, 0.5) is 5.69 Å². The second-order valence-electron chi connectivity index (χ2n) is 8.77. The molecule has 2 aromatic carbocycles. The van der Waals surface area contributed by atoms with Crippen LogP contribution in [0.25, 0.3) is 0 Å². The molecule has 0 aromatic heterocycles. The van der Waals surface area contributed by atoms with Crippen LogP contribution in [0.1, 0.15) is 51.0 Å². The fourth-order valence-corrected chi connectivity index (χ4v) is 4.92. The molecule has 2 aliphatic rings. The maximum absolute atomic E-state index is 13.5. The summed E-state index contributed by atoms with van der Waals surface area (Å²) < 4.78 is 5.03. The lowest BCUT2D eigenvalue weighted by Crippen LogP contribution is -2.51. The summed E-state index contributed by atoms with van der Waals surface area (Å²) in [5.74, 6) is -1.04. The predicted molar refractivity (Wildman–Crippen MR) is 128 cm³/mol. The molecule has 2 fully saturated rings. The highest BCUT2D eigenvalue weighted by molar-refractivity contribution is 6.30. The van der Waals surface area contributed by atoms with Crippen LogP contribution >= 0.6 is 11.6 Å². The Kier molecular flexibility index (Phi) is 7.32. The van der Waals surface area contributed by atoms with Gasteiger partial charge in [-0.3, -0.25) is 19.2 Å². The number of hydrogen-bond donors (Lipinski definition) is 0. The topological polar surface area (TPSA) is 84.0 Å². The first-order chi connectivity index (χ1) is 16.3. The van der Waals surface area contributed by atoms with E-state index in [1.54, 1.807) is 41.3 Å². The Hall–Kier alpha value is -3.19. The first kappa shape index (κ1) is 24.0. The van der Waals surface area contributed by atoms with Gasteiger partial charge in [-0.15, -0.1) is 0 Å². The van der Waals surface area contributed by atoms with Gasteiger partial charge in [0.1, 0.15) is 11.8 Å². The van der Waals surface area contributed by atoms with Crippen molar-refractivity contribution in [3.63, 3.8) is 0 Å². The highest BCUT2D eigenvalue weighted by Crippen LogP contribution is 2.32. The van der Waals surface area contributed by atoms with E-state index >= 15 is 0 Å². The van der Waals surface area contributed by atoms with Crippen molar-refractivity contribution in [1.29, 1.82) is 0 Å². The fourth-order valence-electron chi connectivity index (χ4n) is 4.79. The van der Waals surface area contributed by atoms with E-state index in [2.05, 4.69) is 0 Å². The van der Waals surface area contributed by atoms with E-state index in [9.17, 15) is 19.2 Å².